The first kappa shape index (κ1) is 24.4. The Balaban J connectivity index is 2.37. The maximum Gasteiger partial charge on any atom is 0.240 e. The number of alkyl halides is 1. The van der Waals surface area contributed by atoms with Crippen LogP contribution in [0.25, 0.3) is 6.08 Å². The van der Waals surface area contributed by atoms with Gasteiger partial charge in [0.2, 0.25) is 5.91 Å². The van der Waals surface area contributed by atoms with E-state index in [9.17, 15) is 13.2 Å². The SMILES string of the molecule is COc1cc(OC)c(C=CS(=O)(=O)Cc2ccc(OC)c(C(Cl)C(N)=O)c2)c(OC)c1. The van der Waals surface area contributed by atoms with Crippen LogP contribution in [-0.4, -0.2) is 42.8 Å². The number of benzene rings is 2. The molecule has 1 unspecified atom stereocenters. The van der Waals surface area contributed by atoms with Crippen molar-refractivity contribution in [1.29, 1.82) is 0 Å². The molecular weight excluding hydrogens is 446 g/mol. The number of hydrogen-bond acceptors (Lipinski definition) is 7. The molecule has 1 atom stereocenters. The number of hydrogen-bond donors (Lipinski definition) is 1. The molecule has 0 bridgehead atoms. The van der Waals surface area contributed by atoms with E-state index in [0.29, 0.717) is 39.7 Å². The summed E-state index contributed by atoms with van der Waals surface area (Å²) >= 11 is 6.04. The van der Waals surface area contributed by atoms with E-state index < -0.39 is 21.1 Å². The van der Waals surface area contributed by atoms with E-state index in [2.05, 4.69) is 0 Å². The van der Waals surface area contributed by atoms with Gasteiger partial charge in [-0.25, -0.2) is 8.42 Å². The van der Waals surface area contributed by atoms with Gasteiger partial charge < -0.3 is 24.7 Å². The van der Waals surface area contributed by atoms with Crippen LogP contribution in [0, 0.1) is 0 Å². The Hall–Kier alpha value is -2.91. The van der Waals surface area contributed by atoms with Gasteiger partial charge in [-0.05, 0) is 23.8 Å². The van der Waals surface area contributed by atoms with Crippen molar-refractivity contribution in [3.63, 3.8) is 0 Å². The normalized spacial score (nSPS) is 12.4. The first-order chi connectivity index (χ1) is 14.6. The van der Waals surface area contributed by atoms with Crippen LogP contribution in [0.4, 0.5) is 0 Å². The summed E-state index contributed by atoms with van der Waals surface area (Å²) in [6.07, 6.45) is 1.39. The zero-order valence-electron chi connectivity index (χ0n) is 17.5. The van der Waals surface area contributed by atoms with Gasteiger partial charge in [0.15, 0.2) is 9.84 Å². The number of sulfone groups is 1. The molecular formula is C21H24ClNO7S. The Bertz CT molecular complexity index is 1060. The molecule has 2 N–H and O–H groups in total. The molecule has 168 valence electrons. The number of carbonyl (C=O) groups is 1. The van der Waals surface area contributed by atoms with E-state index >= 15 is 0 Å². The molecule has 2 aromatic rings. The second kappa shape index (κ2) is 10.4. The Kier molecular flexibility index (Phi) is 8.18. The van der Waals surface area contributed by atoms with Gasteiger partial charge in [-0.2, -0.15) is 0 Å². The maximum absolute atomic E-state index is 12.7. The molecule has 0 heterocycles. The first-order valence-electron chi connectivity index (χ1n) is 8.96. The lowest BCUT2D eigenvalue weighted by Crippen LogP contribution is -2.18. The molecule has 0 aromatic heterocycles. The van der Waals surface area contributed by atoms with E-state index in [4.69, 9.17) is 36.3 Å². The summed E-state index contributed by atoms with van der Waals surface area (Å²) in [7, 11) is 2.13. The van der Waals surface area contributed by atoms with Crippen LogP contribution in [0.2, 0.25) is 0 Å². The fraction of sp³-hybridized carbons (Fsp3) is 0.286. The van der Waals surface area contributed by atoms with Crippen molar-refractivity contribution in [2.24, 2.45) is 5.73 Å². The summed E-state index contributed by atoms with van der Waals surface area (Å²) in [4.78, 5) is 11.5. The van der Waals surface area contributed by atoms with E-state index in [1.54, 1.807) is 18.2 Å². The van der Waals surface area contributed by atoms with Crippen molar-refractivity contribution in [2.75, 3.05) is 28.4 Å². The summed E-state index contributed by atoms with van der Waals surface area (Å²) in [5, 5.41) is -0.0864. The van der Waals surface area contributed by atoms with Crippen LogP contribution in [0.5, 0.6) is 23.0 Å². The first-order valence-corrected chi connectivity index (χ1v) is 11.1. The molecule has 2 aromatic carbocycles. The summed E-state index contributed by atoms with van der Waals surface area (Å²) in [5.41, 5.74) is 6.43. The second-order valence-electron chi connectivity index (χ2n) is 6.40. The fourth-order valence-electron chi connectivity index (χ4n) is 2.87. The van der Waals surface area contributed by atoms with Gasteiger partial charge in [0.1, 0.15) is 28.4 Å². The molecule has 0 saturated heterocycles. The predicted octanol–water partition coefficient (Wildman–Crippen LogP) is 3.07. The highest BCUT2D eigenvalue weighted by atomic mass is 35.5. The summed E-state index contributed by atoms with van der Waals surface area (Å²) in [6, 6.07) is 7.84. The summed E-state index contributed by atoms with van der Waals surface area (Å²) < 4.78 is 46.5. The Morgan fingerprint density at radius 1 is 1.00 bits per heavy atom. The average Bonchev–Trinajstić information content (AvgIpc) is 2.75. The largest absolute Gasteiger partial charge is 0.496 e. The number of primary amides is 1. The van der Waals surface area contributed by atoms with Crippen LogP contribution in [-0.2, 0) is 20.4 Å². The fourth-order valence-corrected chi connectivity index (χ4v) is 4.13. The Morgan fingerprint density at radius 3 is 2.06 bits per heavy atom. The highest BCUT2D eigenvalue weighted by Crippen LogP contribution is 2.35. The smallest absolute Gasteiger partial charge is 0.240 e. The third-order valence-electron chi connectivity index (χ3n) is 4.38. The van der Waals surface area contributed by atoms with Crippen molar-refractivity contribution in [3.8, 4) is 23.0 Å². The van der Waals surface area contributed by atoms with Gasteiger partial charge in [0.05, 0.1) is 39.8 Å². The monoisotopic (exact) mass is 469 g/mol. The third-order valence-corrected chi connectivity index (χ3v) is 6.12. The molecule has 31 heavy (non-hydrogen) atoms. The topological polar surface area (TPSA) is 114 Å². The second-order valence-corrected chi connectivity index (χ2v) is 8.72. The van der Waals surface area contributed by atoms with Crippen LogP contribution in [0.15, 0.2) is 35.7 Å². The molecule has 0 aliphatic carbocycles. The number of nitrogens with two attached hydrogens (primary N) is 1. The number of ether oxygens (including phenoxy) is 4. The van der Waals surface area contributed by atoms with Gasteiger partial charge in [-0.1, -0.05) is 6.07 Å². The van der Waals surface area contributed by atoms with Crippen molar-refractivity contribution in [2.45, 2.75) is 11.1 Å². The molecule has 0 aliphatic heterocycles. The van der Waals surface area contributed by atoms with Crippen LogP contribution in [0.3, 0.4) is 0 Å². The molecule has 0 fully saturated rings. The highest BCUT2D eigenvalue weighted by Gasteiger charge is 2.21. The van der Waals surface area contributed by atoms with Gasteiger partial charge in [0.25, 0.3) is 0 Å². The molecule has 2 rings (SSSR count). The summed E-state index contributed by atoms with van der Waals surface area (Å²) in [6.45, 7) is 0. The minimum absolute atomic E-state index is 0.298. The molecule has 0 spiro atoms. The number of methoxy groups -OCH3 is 4. The van der Waals surface area contributed by atoms with E-state index in [0.717, 1.165) is 5.41 Å². The van der Waals surface area contributed by atoms with Crippen LogP contribution < -0.4 is 24.7 Å². The maximum atomic E-state index is 12.7. The summed E-state index contributed by atoms with van der Waals surface area (Å²) in [5.74, 6) is 0.525. The molecule has 8 nitrogen and oxygen atoms in total. The van der Waals surface area contributed by atoms with Gasteiger partial charge in [-0.3, -0.25) is 4.79 Å². The molecule has 0 aliphatic rings. The lowest BCUT2D eigenvalue weighted by Gasteiger charge is -2.13. The molecule has 0 saturated carbocycles. The Labute approximate surface area is 186 Å². The third kappa shape index (κ3) is 6.05. The molecule has 1 amide bonds. The number of rotatable bonds is 10. The van der Waals surface area contributed by atoms with Gasteiger partial charge >= 0.3 is 0 Å². The molecule has 10 heteroatoms. The minimum atomic E-state index is -3.70. The van der Waals surface area contributed by atoms with E-state index in [1.807, 2.05) is 0 Å². The quantitative estimate of drug-likeness (QED) is 0.532. The van der Waals surface area contributed by atoms with E-state index in [-0.39, 0.29) is 5.75 Å². The highest BCUT2D eigenvalue weighted by molar-refractivity contribution is 7.93. The predicted molar refractivity (Wildman–Crippen MR) is 119 cm³/mol. The minimum Gasteiger partial charge on any atom is -0.496 e. The van der Waals surface area contributed by atoms with E-state index in [1.165, 1.54) is 46.6 Å². The standard InChI is InChI=1S/C21H24ClNO7S/c1-27-14-10-18(29-3)15(19(11-14)30-4)7-8-31(25,26)12-13-5-6-17(28-2)16(9-13)20(22)21(23)24/h5-11,20H,12H2,1-4H3,(H2,23,24). The van der Waals surface area contributed by atoms with Crippen molar-refractivity contribution < 1.29 is 32.2 Å². The van der Waals surface area contributed by atoms with Crippen LogP contribution >= 0.6 is 11.6 Å². The average molecular weight is 470 g/mol. The van der Waals surface area contributed by atoms with Crippen LogP contribution in [0.1, 0.15) is 22.1 Å². The van der Waals surface area contributed by atoms with Crippen molar-refractivity contribution in [1.82, 2.24) is 0 Å². The van der Waals surface area contributed by atoms with Crippen molar-refractivity contribution in [3.05, 3.63) is 52.4 Å². The zero-order chi connectivity index (χ0) is 23.2. The number of carbonyl (C=O) groups excluding carboxylic acids is 1. The molecule has 0 radical (unpaired) electrons. The van der Waals surface area contributed by atoms with Gasteiger partial charge in [-0.15, -0.1) is 11.6 Å². The zero-order valence-corrected chi connectivity index (χ0v) is 19.1. The Morgan fingerprint density at radius 2 is 1.58 bits per heavy atom. The lowest BCUT2D eigenvalue weighted by molar-refractivity contribution is -0.117. The lowest BCUT2D eigenvalue weighted by atomic mass is 10.1. The number of amides is 1. The van der Waals surface area contributed by atoms with Gasteiger partial charge in [0, 0.05) is 23.1 Å². The van der Waals surface area contributed by atoms with Crippen molar-refractivity contribution >= 4 is 33.4 Å². The number of halogens is 1.